The molecular weight excluding hydrogens is 242 g/mol. The molecule has 0 radical (unpaired) electrons. The van der Waals surface area contributed by atoms with E-state index in [1.54, 1.807) is 4.90 Å². The van der Waals surface area contributed by atoms with Crippen LogP contribution < -0.4 is 11.1 Å². The van der Waals surface area contributed by atoms with Crippen molar-refractivity contribution in [1.29, 1.82) is 0 Å². The fourth-order valence-corrected chi connectivity index (χ4v) is 2.65. The van der Waals surface area contributed by atoms with Crippen molar-refractivity contribution in [2.45, 2.75) is 52.0 Å². The monoisotopic (exact) mass is 269 g/mol. The summed E-state index contributed by atoms with van der Waals surface area (Å²) in [7, 11) is 0. The van der Waals surface area contributed by atoms with Crippen molar-refractivity contribution >= 4 is 11.8 Å². The lowest BCUT2D eigenvalue weighted by Crippen LogP contribution is -2.43. The van der Waals surface area contributed by atoms with Crippen molar-refractivity contribution in [3.8, 4) is 0 Å². The molecule has 0 aliphatic heterocycles. The van der Waals surface area contributed by atoms with Gasteiger partial charge in [0.15, 0.2) is 0 Å². The number of hydrogen-bond donors (Lipinski definition) is 2. The summed E-state index contributed by atoms with van der Waals surface area (Å²) in [6.07, 6.45) is 4.86. The number of hydrogen-bond acceptors (Lipinski definition) is 3. The van der Waals surface area contributed by atoms with Gasteiger partial charge in [-0.1, -0.05) is 12.8 Å². The van der Waals surface area contributed by atoms with Crippen molar-refractivity contribution in [2.75, 3.05) is 19.6 Å². The molecule has 0 heterocycles. The first kappa shape index (κ1) is 16.0. The third kappa shape index (κ3) is 5.19. The second-order valence-electron chi connectivity index (χ2n) is 5.27. The summed E-state index contributed by atoms with van der Waals surface area (Å²) in [4.78, 5) is 25.4. The Morgan fingerprint density at radius 3 is 2.53 bits per heavy atom. The minimum absolute atomic E-state index is 0.0519. The van der Waals surface area contributed by atoms with Gasteiger partial charge in [0.1, 0.15) is 0 Å². The highest BCUT2D eigenvalue weighted by Gasteiger charge is 2.26. The van der Waals surface area contributed by atoms with Crippen LogP contribution in [-0.4, -0.2) is 42.4 Å². The maximum Gasteiger partial charge on any atom is 0.239 e. The van der Waals surface area contributed by atoms with Gasteiger partial charge in [0.05, 0.1) is 6.54 Å². The summed E-state index contributed by atoms with van der Waals surface area (Å²) in [5, 5.41) is 2.72. The van der Waals surface area contributed by atoms with E-state index in [-0.39, 0.29) is 30.3 Å². The SMILES string of the molecule is CCNC(=O)CN(CC)C(=O)CC1CCCCC1N. The summed E-state index contributed by atoms with van der Waals surface area (Å²) in [6, 6.07) is 0.140. The summed E-state index contributed by atoms with van der Waals surface area (Å²) in [6.45, 7) is 5.09. The first-order chi connectivity index (χ1) is 9.08. The predicted molar refractivity (Wildman–Crippen MR) is 75.5 cm³/mol. The van der Waals surface area contributed by atoms with E-state index >= 15 is 0 Å². The molecule has 0 aromatic rings. The maximum absolute atomic E-state index is 12.2. The lowest BCUT2D eigenvalue weighted by molar-refractivity contribution is -0.136. The van der Waals surface area contributed by atoms with Gasteiger partial charge in [-0.2, -0.15) is 0 Å². The van der Waals surface area contributed by atoms with Gasteiger partial charge in [0.2, 0.25) is 11.8 Å². The molecule has 0 saturated heterocycles. The van der Waals surface area contributed by atoms with Gasteiger partial charge in [-0.05, 0) is 32.6 Å². The van der Waals surface area contributed by atoms with E-state index in [1.807, 2.05) is 13.8 Å². The van der Waals surface area contributed by atoms with Crippen molar-refractivity contribution in [3.63, 3.8) is 0 Å². The van der Waals surface area contributed by atoms with Crippen LogP contribution >= 0.6 is 0 Å². The number of nitrogens with zero attached hydrogens (tertiary/aromatic N) is 1. The maximum atomic E-state index is 12.2. The van der Waals surface area contributed by atoms with Crippen molar-refractivity contribution in [3.05, 3.63) is 0 Å². The molecule has 0 aromatic carbocycles. The molecule has 0 aromatic heterocycles. The first-order valence-corrected chi connectivity index (χ1v) is 7.38. The molecule has 1 saturated carbocycles. The van der Waals surface area contributed by atoms with Crippen LogP contribution in [0, 0.1) is 5.92 Å². The molecule has 0 bridgehead atoms. The van der Waals surface area contributed by atoms with E-state index in [4.69, 9.17) is 5.73 Å². The summed E-state index contributed by atoms with van der Waals surface area (Å²) in [5.41, 5.74) is 6.07. The molecule has 2 atom stereocenters. The molecule has 1 aliphatic carbocycles. The number of amides is 2. The Kier molecular flexibility index (Phi) is 6.84. The number of carbonyl (C=O) groups is 2. The fourth-order valence-electron chi connectivity index (χ4n) is 2.65. The zero-order chi connectivity index (χ0) is 14.3. The Balaban J connectivity index is 2.46. The Morgan fingerprint density at radius 1 is 1.26 bits per heavy atom. The van der Waals surface area contributed by atoms with Crippen LogP contribution in [0.4, 0.5) is 0 Å². The molecule has 5 nitrogen and oxygen atoms in total. The zero-order valence-electron chi connectivity index (χ0n) is 12.2. The molecule has 2 amide bonds. The Bertz CT molecular complexity index is 307. The van der Waals surface area contributed by atoms with E-state index in [1.165, 1.54) is 6.42 Å². The van der Waals surface area contributed by atoms with Gasteiger partial charge in [0.25, 0.3) is 0 Å². The molecule has 1 fully saturated rings. The van der Waals surface area contributed by atoms with E-state index in [2.05, 4.69) is 5.32 Å². The minimum atomic E-state index is -0.0920. The van der Waals surface area contributed by atoms with Gasteiger partial charge in [0, 0.05) is 25.6 Å². The second kappa shape index (κ2) is 8.15. The van der Waals surface area contributed by atoms with Crippen LogP contribution in [-0.2, 0) is 9.59 Å². The molecule has 3 N–H and O–H groups in total. The number of carbonyl (C=O) groups excluding carboxylic acids is 2. The minimum Gasteiger partial charge on any atom is -0.355 e. The first-order valence-electron chi connectivity index (χ1n) is 7.38. The van der Waals surface area contributed by atoms with Gasteiger partial charge in [-0.25, -0.2) is 0 Å². The average Bonchev–Trinajstić information content (AvgIpc) is 2.39. The number of likely N-dealkylation sites (N-methyl/N-ethyl adjacent to an activating group) is 2. The van der Waals surface area contributed by atoms with Crippen LogP contribution in [0.2, 0.25) is 0 Å². The Morgan fingerprint density at radius 2 is 1.95 bits per heavy atom. The lowest BCUT2D eigenvalue weighted by Gasteiger charge is -2.30. The van der Waals surface area contributed by atoms with Gasteiger partial charge in [-0.15, -0.1) is 0 Å². The van der Waals surface area contributed by atoms with E-state index in [0.29, 0.717) is 19.5 Å². The van der Waals surface area contributed by atoms with Crippen LogP contribution in [0.5, 0.6) is 0 Å². The highest BCUT2D eigenvalue weighted by atomic mass is 16.2. The lowest BCUT2D eigenvalue weighted by atomic mass is 9.83. The van der Waals surface area contributed by atoms with Crippen molar-refractivity contribution in [2.24, 2.45) is 11.7 Å². The topological polar surface area (TPSA) is 75.4 Å². The van der Waals surface area contributed by atoms with E-state index in [0.717, 1.165) is 19.3 Å². The quantitative estimate of drug-likeness (QED) is 0.751. The second-order valence-corrected chi connectivity index (χ2v) is 5.27. The highest BCUT2D eigenvalue weighted by molar-refractivity contribution is 5.84. The molecule has 19 heavy (non-hydrogen) atoms. The van der Waals surface area contributed by atoms with Crippen LogP contribution in [0.3, 0.4) is 0 Å². The summed E-state index contributed by atoms with van der Waals surface area (Å²) in [5.74, 6) is 0.242. The van der Waals surface area contributed by atoms with E-state index in [9.17, 15) is 9.59 Å². The van der Waals surface area contributed by atoms with E-state index < -0.39 is 0 Å². The number of rotatable bonds is 6. The Labute approximate surface area is 115 Å². The molecular formula is C14H27N3O2. The van der Waals surface area contributed by atoms with Gasteiger partial charge in [-0.3, -0.25) is 9.59 Å². The average molecular weight is 269 g/mol. The van der Waals surface area contributed by atoms with Gasteiger partial charge < -0.3 is 16.0 Å². The third-order valence-corrected chi connectivity index (χ3v) is 3.85. The van der Waals surface area contributed by atoms with Crippen molar-refractivity contribution < 1.29 is 9.59 Å². The van der Waals surface area contributed by atoms with Crippen LogP contribution in [0.15, 0.2) is 0 Å². The molecule has 1 rings (SSSR count). The predicted octanol–water partition coefficient (Wildman–Crippen LogP) is 0.879. The molecule has 1 aliphatic rings. The normalized spacial score (nSPS) is 22.9. The third-order valence-electron chi connectivity index (χ3n) is 3.85. The standard InChI is InChI=1S/C14H27N3O2/c1-3-16-13(18)10-17(4-2)14(19)9-11-7-5-6-8-12(11)15/h11-12H,3-10,15H2,1-2H3,(H,16,18). The smallest absolute Gasteiger partial charge is 0.239 e. The highest BCUT2D eigenvalue weighted by Crippen LogP contribution is 2.26. The van der Waals surface area contributed by atoms with Crippen molar-refractivity contribution in [1.82, 2.24) is 10.2 Å². The Hall–Kier alpha value is -1.10. The summed E-state index contributed by atoms with van der Waals surface area (Å²) < 4.78 is 0. The fraction of sp³-hybridized carbons (Fsp3) is 0.857. The summed E-state index contributed by atoms with van der Waals surface area (Å²) >= 11 is 0. The number of nitrogens with two attached hydrogens (primary N) is 1. The molecule has 2 unspecified atom stereocenters. The molecule has 110 valence electrons. The number of nitrogens with one attached hydrogen (secondary N) is 1. The van der Waals surface area contributed by atoms with Crippen LogP contribution in [0.25, 0.3) is 0 Å². The molecule has 0 spiro atoms. The van der Waals surface area contributed by atoms with Gasteiger partial charge >= 0.3 is 0 Å². The molecule has 5 heteroatoms. The van der Waals surface area contributed by atoms with Crippen LogP contribution in [0.1, 0.15) is 46.0 Å². The zero-order valence-corrected chi connectivity index (χ0v) is 12.2. The largest absolute Gasteiger partial charge is 0.355 e.